The molecule has 0 amide bonds. The summed E-state index contributed by atoms with van der Waals surface area (Å²) in [6.45, 7) is 11.7. The largest absolute Gasteiger partial charge is 0.466 e. The average Bonchev–Trinajstić information content (AvgIpc) is 3.19. The van der Waals surface area contributed by atoms with Crippen LogP contribution in [0.5, 0.6) is 0 Å². The molecular formula is C33H50O10. The van der Waals surface area contributed by atoms with Gasteiger partial charge >= 0.3 is 17.9 Å². The molecule has 242 valence electrons. The van der Waals surface area contributed by atoms with Gasteiger partial charge in [-0.05, 0) is 67.6 Å². The Morgan fingerprint density at radius 3 is 2.14 bits per heavy atom. The van der Waals surface area contributed by atoms with Crippen molar-refractivity contribution in [2.24, 2.45) is 46.3 Å². The van der Waals surface area contributed by atoms with E-state index in [1.54, 1.807) is 13.8 Å². The van der Waals surface area contributed by atoms with Gasteiger partial charge in [0.25, 0.3) is 0 Å². The van der Waals surface area contributed by atoms with Gasteiger partial charge in [-0.1, -0.05) is 27.7 Å². The fourth-order valence-electron chi connectivity index (χ4n) is 9.99. The van der Waals surface area contributed by atoms with E-state index in [0.717, 1.165) is 12.8 Å². The Kier molecular flexibility index (Phi) is 9.54. The number of carbonyl (C=O) groups is 5. The molecule has 4 saturated carbocycles. The number of rotatable bonds is 9. The lowest BCUT2D eigenvalue weighted by atomic mass is 9.42. The average molecular weight is 607 g/mol. The van der Waals surface area contributed by atoms with E-state index >= 15 is 0 Å². The molecule has 0 aromatic rings. The first kappa shape index (κ1) is 33.6. The van der Waals surface area contributed by atoms with Crippen molar-refractivity contribution in [2.45, 2.75) is 124 Å². The van der Waals surface area contributed by atoms with Gasteiger partial charge in [0, 0.05) is 50.9 Å². The highest BCUT2D eigenvalue weighted by Gasteiger charge is 2.69. The van der Waals surface area contributed by atoms with Gasteiger partial charge in [-0.25, -0.2) is 0 Å². The first-order valence-electron chi connectivity index (χ1n) is 15.9. The number of aliphatic hydroxyl groups is 2. The van der Waals surface area contributed by atoms with Gasteiger partial charge in [0.2, 0.25) is 5.78 Å². The zero-order valence-electron chi connectivity index (χ0n) is 26.7. The van der Waals surface area contributed by atoms with E-state index in [1.807, 2.05) is 0 Å². The van der Waals surface area contributed by atoms with Gasteiger partial charge < -0.3 is 24.4 Å². The topological polar surface area (TPSA) is 154 Å². The maximum absolute atomic E-state index is 13.6. The molecule has 0 aliphatic heterocycles. The second-order valence-corrected chi connectivity index (χ2v) is 14.6. The summed E-state index contributed by atoms with van der Waals surface area (Å²) in [6, 6.07) is 0. The van der Waals surface area contributed by atoms with Crippen LogP contribution < -0.4 is 0 Å². The van der Waals surface area contributed by atoms with Gasteiger partial charge in [0.1, 0.15) is 12.2 Å². The molecule has 0 saturated heterocycles. The predicted molar refractivity (Wildman–Crippen MR) is 154 cm³/mol. The Balaban J connectivity index is 1.59. The smallest absolute Gasteiger partial charge is 0.302 e. The standard InChI is InChI=1S/C33H50O10/c1-17(16-41-19(3)34)12-26(37)30(39)18(2)29-27(43-21(5)36)14-25-23-13-28(38)33(40)15-22(42-20(4)35)8-11-32(33,7)24(23)9-10-31(25,29)6/h17-18,22-25,27-29,38,40H,8-16H2,1-7H3/t17-,18+,22+,23-,24+,25+,27+,28+,29+,31+,32-,33+/m1/s1. The summed E-state index contributed by atoms with van der Waals surface area (Å²) in [5.74, 6) is -3.57. The molecule has 4 aliphatic carbocycles. The fraction of sp³-hybridized carbons (Fsp3) is 0.848. The molecule has 0 bridgehead atoms. The number of fused-ring (bicyclic) bond motifs is 5. The summed E-state index contributed by atoms with van der Waals surface area (Å²) in [6.07, 6.45) is 1.72. The minimum atomic E-state index is -1.40. The Morgan fingerprint density at radius 2 is 1.53 bits per heavy atom. The first-order valence-corrected chi connectivity index (χ1v) is 15.9. The van der Waals surface area contributed by atoms with Crippen LogP contribution in [-0.4, -0.2) is 70.2 Å². The lowest BCUT2D eigenvalue weighted by molar-refractivity contribution is -0.266. The number of ether oxygens (including phenoxy) is 3. The summed E-state index contributed by atoms with van der Waals surface area (Å²) in [5.41, 5.74) is -2.43. The van der Waals surface area contributed by atoms with Crippen LogP contribution in [0.2, 0.25) is 0 Å². The van der Waals surface area contributed by atoms with Crippen molar-refractivity contribution in [3.05, 3.63) is 0 Å². The van der Waals surface area contributed by atoms with E-state index in [-0.39, 0.29) is 49.0 Å². The van der Waals surface area contributed by atoms with Crippen LogP contribution in [0.15, 0.2) is 0 Å². The van der Waals surface area contributed by atoms with Crippen molar-refractivity contribution in [2.75, 3.05) is 6.61 Å². The van der Waals surface area contributed by atoms with Crippen LogP contribution >= 0.6 is 0 Å². The van der Waals surface area contributed by atoms with E-state index in [0.29, 0.717) is 25.7 Å². The molecule has 2 N–H and O–H groups in total. The molecule has 10 nitrogen and oxygen atoms in total. The summed E-state index contributed by atoms with van der Waals surface area (Å²) >= 11 is 0. The Morgan fingerprint density at radius 1 is 0.884 bits per heavy atom. The highest BCUT2D eigenvalue weighted by Crippen LogP contribution is 2.69. The van der Waals surface area contributed by atoms with Gasteiger partial charge in [-0.15, -0.1) is 0 Å². The molecule has 4 rings (SSSR count). The number of hydrogen-bond acceptors (Lipinski definition) is 10. The monoisotopic (exact) mass is 606 g/mol. The van der Waals surface area contributed by atoms with Crippen LogP contribution in [0.25, 0.3) is 0 Å². The molecule has 4 fully saturated rings. The second-order valence-electron chi connectivity index (χ2n) is 14.6. The Bertz CT molecular complexity index is 1130. The second kappa shape index (κ2) is 12.2. The third kappa shape index (κ3) is 6.02. The van der Waals surface area contributed by atoms with E-state index in [4.69, 9.17) is 14.2 Å². The molecule has 0 unspecified atom stereocenters. The molecule has 0 aromatic carbocycles. The van der Waals surface area contributed by atoms with Gasteiger partial charge in [0.05, 0.1) is 18.3 Å². The lowest BCUT2D eigenvalue weighted by Crippen LogP contribution is -2.68. The zero-order valence-corrected chi connectivity index (χ0v) is 26.7. The number of hydrogen-bond donors (Lipinski definition) is 2. The SMILES string of the molecule is CC(=O)OC[C@H](C)CC(=O)C(=O)[C@@H](C)[C@H]1[C@@H](OC(C)=O)C[C@H]2[C@@H]3C[C@H](O)[C@@]4(O)C[C@@H](OC(C)=O)CC[C@]4(C)[C@H]3CC[C@]12C. The third-order valence-electron chi connectivity index (χ3n) is 11.9. The molecule has 43 heavy (non-hydrogen) atoms. The van der Waals surface area contributed by atoms with Crippen molar-refractivity contribution in [1.29, 1.82) is 0 Å². The molecule has 0 heterocycles. The minimum Gasteiger partial charge on any atom is -0.466 e. The maximum atomic E-state index is 13.6. The summed E-state index contributed by atoms with van der Waals surface area (Å²) in [7, 11) is 0. The predicted octanol–water partition coefficient (Wildman–Crippen LogP) is 3.57. The number of Topliss-reactive ketones (excluding diaryl/α,β-unsaturated/α-hetero) is 2. The maximum Gasteiger partial charge on any atom is 0.302 e. The molecule has 0 aromatic heterocycles. The van der Waals surface area contributed by atoms with Crippen LogP contribution in [0.4, 0.5) is 0 Å². The third-order valence-corrected chi connectivity index (χ3v) is 11.9. The lowest BCUT2D eigenvalue weighted by Gasteiger charge is -2.65. The van der Waals surface area contributed by atoms with Crippen molar-refractivity contribution >= 4 is 29.5 Å². The Hall–Kier alpha value is -2.33. The van der Waals surface area contributed by atoms with Crippen LogP contribution in [0.3, 0.4) is 0 Å². The van der Waals surface area contributed by atoms with E-state index in [9.17, 15) is 34.2 Å². The normalized spacial score (nSPS) is 41.5. The van der Waals surface area contributed by atoms with Gasteiger partial charge in [-0.3, -0.25) is 24.0 Å². The summed E-state index contributed by atoms with van der Waals surface area (Å²) < 4.78 is 16.3. The van der Waals surface area contributed by atoms with Gasteiger partial charge in [0.15, 0.2) is 5.78 Å². The highest BCUT2D eigenvalue weighted by molar-refractivity contribution is 6.38. The Labute approximate surface area is 254 Å². The molecule has 0 radical (unpaired) electrons. The van der Waals surface area contributed by atoms with Crippen LogP contribution in [0, 0.1) is 46.3 Å². The minimum absolute atomic E-state index is 0.0102. The van der Waals surface area contributed by atoms with Crippen molar-refractivity contribution < 1.29 is 48.4 Å². The van der Waals surface area contributed by atoms with E-state index < -0.39 is 70.1 Å². The molecule has 4 aliphatic rings. The van der Waals surface area contributed by atoms with Crippen molar-refractivity contribution in [3.63, 3.8) is 0 Å². The van der Waals surface area contributed by atoms with Gasteiger partial charge in [-0.2, -0.15) is 0 Å². The summed E-state index contributed by atoms with van der Waals surface area (Å²) in [4.78, 5) is 61.7. The molecule has 10 heteroatoms. The fourth-order valence-corrected chi connectivity index (χ4v) is 9.99. The van der Waals surface area contributed by atoms with Crippen LogP contribution in [-0.2, 0) is 38.2 Å². The number of ketones is 2. The van der Waals surface area contributed by atoms with E-state index in [1.165, 1.54) is 20.8 Å². The molecular weight excluding hydrogens is 556 g/mol. The number of esters is 3. The molecule has 0 spiro atoms. The quantitative estimate of drug-likeness (QED) is 0.226. The number of aliphatic hydroxyl groups excluding tert-OH is 1. The highest BCUT2D eigenvalue weighted by atomic mass is 16.5. The van der Waals surface area contributed by atoms with Crippen molar-refractivity contribution in [3.8, 4) is 0 Å². The van der Waals surface area contributed by atoms with Crippen molar-refractivity contribution in [1.82, 2.24) is 0 Å². The zero-order chi connectivity index (χ0) is 32.1. The summed E-state index contributed by atoms with van der Waals surface area (Å²) in [5, 5.41) is 23.5. The van der Waals surface area contributed by atoms with Crippen LogP contribution in [0.1, 0.15) is 99.8 Å². The number of carbonyl (C=O) groups excluding carboxylic acids is 5. The first-order chi connectivity index (χ1) is 19.9. The molecule has 12 atom stereocenters. The van der Waals surface area contributed by atoms with E-state index in [2.05, 4.69) is 13.8 Å².